The number of ether oxygens (including phenoxy) is 1. The van der Waals surface area contributed by atoms with E-state index in [1.807, 2.05) is 14.0 Å². The minimum atomic E-state index is -4.69. The van der Waals surface area contributed by atoms with Crippen LogP contribution < -0.4 is 10.1 Å². The van der Waals surface area contributed by atoms with Crippen molar-refractivity contribution >= 4 is 5.82 Å². The Balaban J connectivity index is 1.98. The van der Waals surface area contributed by atoms with Gasteiger partial charge in [0, 0.05) is 23.9 Å². The number of allylic oxidation sites excluding steroid dienone is 1. The Morgan fingerprint density at radius 3 is 2.40 bits per heavy atom. The molecule has 2 aromatic rings. The molecular weight excluding hydrogens is 331 g/mol. The number of aryl methyl sites for hydroxylation is 1. The van der Waals surface area contributed by atoms with E-state index in [0.29, 0.717) is 5.92 Å². The molecule has 1 aromatic heterocycles. The van der Waals surface area contributed by atoms with Crippen LogP contribution in [0.25, 0.3) is 11.3 Å². The first-order valence-corrected chi connectivity index (χ1v) is 8.10. The number of halogens is 3. The summed E-state index contributed by atoms with van der Waals surface area (Å²) >= 11 is 0. The fraction of sp³-hybridized carbons (Fsp3) is 0.389. The van der Waals surface area contributed by atoms with E-state index in [-0.39, 0.29) is 5.75 Å². The van der Waals surface area contributed by atoms with E-state index in [1.54, 1.807) is 16.8 Å². The lowest BCUT2D eigenvalue weighted by molar-refractivity contribution is -0.274. The number of aromatic nitrogens is 2. The van der Waals surface area contributed by atoms with Gasteiger partial charge in [-0.05, 0) is 49.9 Å². The zero-order chi connectivity index (χ0) is 18.2. The van der Waals surface area contributed by atoms with Gasteiger partial charge < -0.3 is 10.1 Å². The molecule has 0 radical (unpaired) electrons. The third-order valence-electron chi connectivity index (χ3n) is 4.29. The van der Waals surface area contributed by atoms with Crippen molar-refractivity contribution in [2.75, 3.05) is 5.32 Å². The largest absolute Gasteiger partial charge is 0.573 e. The van der Waals surface area contributed by atoms with Crippen LogP contribution in [-0.2, 0) is 7.05 Å². The van der Waals surface area contributed by atoms with Gasteiger partial charge in [0.05, 0.1) is 5.69 Å². The van der Waals surface area contributed by atoms with Crippen molar-refractivity contribution in [3.05, 3.63) is 42.1 Å². The van der Waals surface area contributed by atoms with Gasteiger partial charge >= 0.3 is 6.36 Å². The highest BCUT2D eigenvalue weighted by Crippen LogP contribution is 2.45. The second-order valence-corrected chi connectivity index (χ2v) is 6.34. The molecule has 0 amide bonds. The molecule has 1 aliphatic carbocycles. The molecule has 1 aliphatic rings. The normalized spacial score (nSPS) is 14.9. The van der Waals surface area contributed by atoms with Gasteiger partial charge in [-0.1, -0.05) is 13.0 Å². The number of alkyl halides is 3. The molecule has 1 saturated carbocycles. The van der Waals surface area contributed by atoms with Crippen LogP contribution in [0.4, 0.5) is 19.0 Å². The van der Waals surface area contributed by atoms with Crippen LogP contribution in [0.1, 0.15) is 37.7 Å². The molecule has 1 heterocycles. The molecule has 1 aromatic carbocycles. The van der Waals surface area contributed by atoms with E-state index in [0.717, 1.165) is 41.2 Å². The van der Waals surface area contributed by atoms with Crippen LogP contribution in [0.15, 0.2) is 36.5 Å². The summed E-state index contributed by atoms with van der Waals surface area (Å²) in [4.78, 5) is 0. The predicted octanol–water partition coefficient (Wildman–Crippen LogP) is 5.20. The summed E-state index contributed by atoms with van der Waals surface area (Å²) in [6.45, 7) is 5.73. The average molecular weight is 351 g/mol. The monoisotopic (exact) mass is 351 g/mol. The molecule has 1 fully saturated rings. The Morgan fingerprint density at radius 1 is 1.28 bits per heavy atom. The van der Waals surface area contributed by atoms with Gasteiger partial charge in [-0.2, -0.15) is 5.10 Å². The van der Waals surface area contributed by atoms with Gasteiger partial charge in [0.25, 0.3) is 0 Å². The van der Waals surface area contributed by atoms with E-state index in [9.17, 15) is 13.2 Å². The molecule has 0 saturated heterocycles. The Kier molecular flexibility index (Phi) is 4.49. The third kappa shape index (κ3) is 3.81. The topological polar surface area (TPSA) is 39.1 Å². The minimum Gasteiger partial charge on any atom is -0.406 e. The van der Waals surface area contributed by atoms with Crippen LogP contribution in [0.2, 0.25) is 0 Å². The van der Waals surface area contributed by atoms with Crippen molar-refractivity contribution in [1.29, 1.82) is 0 Å². The Labute approximate surface area is 144 Å². The number of nitrogens with zero attached hydrogens (tertiary/aromatic N) is 2. The lowest BCUT2D eigenvalue weighted by atomic mass is 9.79. The maximum atomic E-state index is 12.3. The second kappa shape index (κ2) is 6.46. The standard InChI is InChI=1S/C18H20F3N3O/c1-11(2)22-17-15(12-5-4-6-12)16(24(3)23-17)13-7-9-14(10-8-13)25-18(19,20)21/h7-10,12H,1,4-6H2,2-3H3,(H,22,23). The van der Waals surface area contributed by atoms with Crippen molar-refractivity contribution in [2.45, 2.75) is 38.5 Å². The van der Waals surface area contributed by atoms with E-state index >= 15 is 0 Å². The minimum absolute atomic E-state index is 0.233. The molecule has 0 spiro atoms. The summed E-state index contributed by atoms with van der Waals surface area (Å²) in [6, 6.07) is 5.91. The number of rotatable bonds is 5. The number of nitrogens with one attached hydrogen (secondary N) is 1. The summed E-state index contributed by atoms with van der Waals surface area (Å²) in [6.07, 6.45) is -1.36. The molecule has 25 heavy (non-hydrogen) atoms. The number of benzene rings is 1. The van der Waals surface area contributed by atoms with Crippen molar-refractivity contribution in [3.63, 3.8) is 0 Å². The molecule has 0 aliphatic heterocycles. The molecule has 0 bridgehead atoms. The van der Waals surface area contributed by atoms with E-state index in [2.05, 4.69) is 21.7 Å². The van der Waals surface area contributed by atoms with Crippen LogP contribution in [-0.4, -0.2) is 16.1 Å². The maximum Gasteiger partial charge on any atom is 0.573 e. The summed E-state index contributed by atoms with van der Waals surface area (Å²) < 4.78 is 42.7. The van der Waals surface area contributed by atoms with E-state index in [1.165, 1.54) is 18.6 Å². The highest BCUT2D eigenvalue weighted by molar-refractivity contribution is 5.72. The fourth-order valence-corrected chi connectivity index (χ4v) is 3.08. The van der Waals surface area contributed by atoms with Crippen LogP contribution in [0, 0.1) is 0 Å². The first kappa shape index (κ1) is 17.4. The highest BCUT2D eigenvalue weighted by Gasteiger charge is 2.32. The lowest BCUT2D eigenvalue weighted by Crippen LogP contribution is -2.17. The summed E-state index contributed by atoms with van der Waals surface area (Å²) in [7, 11) is 1.83. The Morgan fingerprint density at radius 2 is 1.92 bits per heavy atom. The number of hydrogen-bond donors (Lipinski definition) is 1. The average Bonchev–Trinajstić information content (AvgIpc) is 2.72. The van der Waals surface area contributed by atoms with Gasteiger partial charge in [0.1, 0.15) is 5.75 Å². The summed E-state index contributed by atoms with van der Waals surface area (Å²) in [5, 5.41) is 7.74. The molecule has 7 heteroatoms. The van der Waals surface area contributed by atoms with Gasteiger partial charge in [-0.15, -0.1) is 13.2 Å². The van der Waals surface area contributed by atoms with Crippen molar-refractivity contribution in [3.8, 4) is 17.0 Å². The number of hydrogen-bond acceptors (Lipinski definition) is 3. The van der Waals surface area contributed by atoms with Gasteiger partial charge in [-0.3, -0.25) is 4.68 Å². The Hall–Kier alpha value is -2.44. The molecule has 4 nitrogen and oxygen atoms in total. The van der Waals surface area contributed by atoms with Gasteiger partial charge in [0.2, 0.25) is 0 Å². The predicted molar refractivity (Wildman–Crippen MR) is 90.4 cm³/mol. The SMILES string of the molecule is C=C(C)Nc1nn(C)c(-c2ccc(OC(F)(F)F)cc2)c1C1CCC1. The van der Waals surface area contributed by atoms with Crippen molar-refractivity contribution < 1.29 is 17.9 Å². The smallest absolute Gasteiger partial charge is 0.406 e. The first-order chi connectivity index (χ1) is 11.7. The molecule has 0 atom stereocenters. The summed E-state index contributed by atoms with van der Waals surface area (Å²) in [5.41, 5.74) is 3.61. The molecule has 134 valence electrons. The fourth-order valence-electron chi connectivity index (χ4n) is 3.08. The second-order valence-electron chi connectivity index (χ2n) is 6.34. The van der Waals surface area contributed by atoms with Crippen molar-refractivity contribution in [1.82, 2.24) is 9.78 Å². The molecule has 3 rings (SSSR count). The lowest BCUT2D eigenvalue weighted by Gasteiger charge is -2.27. The van der Waals surface area contributed by atoms with Crippen LogP contribution in [0.3, 0.4) is 0 Å². The van der Waals surface area contributed by atoms with E-state index in [4.69, 9.17) is 0 Å². The quantitative estimate of drug-likeness (QED) is 0.805. The van der Waals surface area contributed by atoms with Gasteiger partial charge in [-0.25, -0.2) is 0 Å². The third-order valence-corrected chi connectivity index (χ3v) is 4.29. The number of anilines is 1. The summed E-state index contributed by atoms with van der Waals surface area (Å²) in [5.74, 6) is 0.936. The van der Waals surface area contributed by atoms with Crippen LogP contribution in [0.5, 0.6) is 5.75 Å². The highest BCUT2D eigenvalue weighted by atomic mass is 19.4. The Bertz CT molecular complexity index is 774. The first-order valence-electron chi connectivity index (χ1n) is 8.10. The molecule has 1 N–H and O–H groups in total. The molecular formula is C18H20F3N3O. The molecule has 0 unspecified atom stereocenters. The zero-order valence-electron chi connectivity index (χ0n) is 14.2. The van der Waals surface area contributed by atoms with E-state index < -0.39 is 6.36 Å². The van der Waals surface area contributed by atoms with Crippen molar-refractivity contribution in [2.24, 2.45) is 7.05 Å². The maximum absolute atomic E-state index is 12.3. The zero-order valence-corrected chi connectivity index (χ0v) is 14.2. The van der Waals surface area contributed by atoms with Crippen LogP contribution >= 0.6 is 0 Å². The van der Waals surface area contributed by atoms with Gasteiger partial charge in [0.15, 0.2) is 5.82 Å².